The average Bonchev–Trinajstić information content (AvgIpc) is 2.92. The first-order valence-corrected chi connectivity index (χ1v) is 12.6. The Morgan fingerprint density at radius 3 is 2.50 bits per heavy atom. The molecule has 0 fully saturated rings. The van der Waals surface area contributed by atoms with Crippen molar-refractivity contribution >= 4 is 28.6 Å². The van der Waals surface area contributed by atoms with Crippen LogP contribution in [-0.4, -0.2) is 45.8 Å². The van der Waals surface area contributed by atoms with Crippen LogP contribution in [0.4, 0.5) is 4.79 Å². The van der Waals surface area contributed by atoms with Gasteiger partial charge in [0.15, 0.2) is 17.7 Å². The molecule has 9 heteroatoms. The van der Waals surface area contributed by atoms with Gasteiger partial charge in [-0.2, -0.15) is 10.1 Å². The van der Waals surface area contributed by atoms with E-state index in [4.69, 9.17) is 14.6 Å². The average molecular weight is 505 g/mol. The molecular formula is C27H28N4O4S. The summed E-state index contributed by atoms with van der Waals surface area (Å²) in [7, 11) is 1.59. The molecule has 1 aromatic heterocycles. The Morgan fingerprint density at radius 2 is 1.83 bits per heavy atom. The van der Waals surface area contributed by atoms with Crippen LogP contribution in [0.1, 0.15) is 47.9 Å². The van der Waals surface area contributed by atoms with E-state index in [1.54, 1.807) is 31.6 Å². The molecule has 1 N–H and O–H groups in total. The number of hydrazone groups is 1. The van der Waals surface area contributed by atoms with Crippen LogP contribution >= 0.6 is 11.8 Å². The van der Waals surface area contributed by atoms with Gasteiger partial charge in [0.25, 0.3) is 5.91 Å². The number of ether oxygens (including phenoxy) is 2. The van der Waals surface area contributed by atoms with Crippen molar-refractivity contribution in [1.82, 2.24) is 15.3 Å². The minimum absolute atomic E-state index is 0.149. The molecule has 3 aromatic rings. The Morgan fingerprint density at radius 1 is 1.08 bits per heavy atom. The number of methoxy groups -OCH3 is 1. The molecule has 0 aliphatic carbocycles. The van der Waals surface area contributed by atoms with Crippen molar-refractivity contribution in [3.05, 3.63) is 89.7 Å². The number of amides is 2. The first kappa shape index (κ1) is 25.2. The summed E-state index contributed by atoms with van der Waals surface area (Å²) in [5, 5.41) is 8.76. The molecule has 1 aliphatic rings. The van der Waals surface area contributed by atoms with Gasteiger partial charge in [-0.05, 0) is 49.2 Å². The molecule has 0 radical (unpaired) electrons. The lowest BCUT2D eigenvalue weighted by Crippen LogP contribution is -2.44. The molecule has 8 nitrogen and oxygen atoms in total. The smallest absolute Gasteiger partial charge is 0.304 e. The molecule has 0 bridgehead atoms. The number of carbonyl (C=O) groups excluding carboxylic acids is 2. The number of benzene rings is 2. The van der Waals surface area contributed by atoms with E-state index in [9.17, 15) is 9.59 Å². The Bertz CT molecular complexity index is 1240. The van der Waals surface area contributed by atoms with Gasteiger partial charge < -0.3 is 14.8 Å². The van der Waals surface area contributed by atoms with Crippen LogP contribution in [0.5, 0.6) is 11.5 Å². The van der Waals surface area contributed by atoms with Crippen molar-refractivity contribution in [1.29, 1.82) is 0 Å². The lowest BCUT2D eigenvalue weighted by molar-refractivity contribution is 0.0887. The van der Waals surface area contributed by atoms with Crippen molar-refractivity contribution < 1.29 is 19.1 Å². The van der Waals surface area contributed by atoms with Crippen molar-refractivity contribution in [2.45, 2.75) is 31.7 Å². The molecule has 2 amide bonds. The fraction of sp³-hybridized carbons (Fsp3) is 0.259. The maximum Gasteiger partial charge on any atom is 0.304 e. The molecular weight excluding hydrogens is 476 g/mol. The van der Waals surface area contributed by atoms with Gasteiger partial charge in [-0.15, -0.1) is 0 Å². The summed E-state index contributed by atoms with van der Waals surface area (Å²) in [6.07, 6.45) is 3.01. The van der Waals surface area contributed by atoms with Gasteiger partial charge in [0.05, 0.1) is 24.7 Å². The standard InChI is InChI=1S/C27H28N4O4S/c1-4-23-24(20-11-12-21(34-3)22(17-20)35-5-2)30-31(27(33)36-23)25(18-9-7-6-8-10-18)29-26(32)19-13-15-28-16-14-19/h6-17,23,25H,4-5H2,1-3H3,(H,29,32). The molecule has 0 saturated heterocycles. The maximum atomic E-state index is 13.3. The van der Waals surface area contributed by atoms with E-state index in [1.807, 2.05) is 62.4 Å². The summed E-state index contributed by atoms with van der Waals surface area (Å²) in [5.41, 5.74) is 2.72. The summed E-state index contributed by atoms with van der Waals surface area (Å²) >= 11 is 1.20. The van der Waals surface area contributed by atoms with Crippen LogP contribution in [0.2, 0.25) is 0 Å². The monoisotopic (exact) mass is 504 g/mol. The van der Waals surface area contributed by atoms with Gasteiger partial charge in [-0.25, -0.2) is 0 Å². The lowest BCUT2D eigenvalue weighted by atomic mass is 10.0. The third-order valence-corrected chi connectivity index (χ3v) is 6.88. The number of carbonyl (C=O) groups is 2. The molecule has 2 aromatic carbocycles. The molecule has 2 heterocycles. The van der Waals surface area contributed by atoms with Gasteiger partial charge in [-0.3, -0.25) is 14.6 Å². The summed E-state index contributed by atoms with van der Waals surface area (Å²) in [6, 6.07) is 18.2. The molecule has 1 aliphatic heterocycles. The van der Waals surface area contributed by atoms with Gasteiger partial charge in [0, 0.05) is 23.5 Å². The minimum atomic E-state index is -0.802. The largest absolute Gasteiger partial charge is 0.493 e. The van der Waals surface area contributed by atoms with Gasteiger partial charge >= 0.3 is 5.24 Å². The molecule has 4 rings (SSSR count). The molecule has 186 valence electrons. The zero-order valence-electron chi connectivity index (χ0n) is 20.4. The third-order valence-electron chi connectivity index (χ3n) is 5.65. The normalized spacial score (nSPS) is 16.2. The number of rotatable bonds is 9. The predicted octanol–water partition coefficient (Wildman–Crippen LogP) is 5.27. The number of pyridine rings is 1. The first-order valence-electron chi connectivity index (χ1n) is 11.7. The summed E-state index contributed by atoms with van der Waals surface area (Å²) in [6.45, 7) is 4.41. The molecule has 2 atom stereocenters. The van der Waals surface area contributed by atoms with Gasteiger partial charge in [0.1, 0.15) is 0 Å². The fourth-order valence-corrected chi connectivity index (χ4v) is 4.83. The SMILES string of the molecule is CCOc1cc(C2=NN(C(NC(=O)c3ccncc3)c3ccccc3)C(=O)SC2CC)ccc1OC. The van der Waals surface area contributed by atoms with E-state index in [1.165, 1.54) is 16.8 Å². The van der Waals surface area contributed by atoms with Crippen molar-refractivity contribution in [2.24, 2.45) is 5.10 Å². The van der Waals surface area contributed by atoms with Crippen LogP contribution in [0.15, 0.2) is 78.2 Å². The van der Waals surface area contributed by atoms with Crippen LogP contribution in [0, 0.1) is 0 Å². The summed E-state index contributed by atoms with van der Waals surface area (Å²) in [5.74, 6) is 0.896. The Kier molecular flexibility index (Phi) is 8.22. The van der Waals surface area contributed by atoms with Crippen LogP contribution in [-0.2, 0) is 0 Å². The van der Waals surface area contributed by atoms with E-state index in [0.29, 0.717) is 30.1 Å². The second kappa shape index (κ2) is 11.7. The molecule has 36 heavy (non-hydrogen) atoms. The van der Waals surface area contributed by atoms with E-state index >= 15 is 0 Å². The Hall–Kier alpha value is -3.85. The number of hydrogen-bond donors (Lipinski definition) is 1. The number of nitrogens with zero attached hydrogens (tertiary/aromatic N) is 3. The lowest BCUT2D eigenvalue weighted by Gasteiger charge is -2.34. The van der Waals surface area contributed by atoms with Crippen LogP contribution in [0.25, 0.3) is 0 Å². The number of nitrogens with one attached hydrogen (secondary N) is 1. The van der Waals surface area contributed by atoms with Crippen LogP contribution in [0.3, 0.4) is 0 Å². The quantitative estimate of drug-likeness (QED) is 0.427. The zero-order valence-corrected chi connectivity index (χ0v) is 21.2. The van der Waals surface area contributed by atoms with E-state index in [-0.39, 0.29) is 16.4 Å². The molecule has 0 saturated carbocycles. The minimum Gasteiger partial charge on any atom is -0.493 e. The first-order chi connectivity index (χ1) is 17.5. The van der Waals surface area contributed by atoms with E-state index < -0.39 is 6.17 Å². The zero-order chi connectivity index (χ0) is 25.5. The highest BCUT2D eigenvalue weighted by Crippen LogP contribution is 2.36. The van der Waals surface area contributed by atoms with Gasteiger partial charge in [-0.1, -0.05) is 49.0 Å². The summed E-state index contributed by atoms with van der Waals surface area (Å²) < 4.78 is 11.2. The Balaban J connectivity index is 1.76. The topological polar surface area (TPSA) is 93.1 Å². The van der Waals surface area contributed by atoms with Crippen molar-refractivity contribution in [3.8, 4) is 11.5 Å². The highest BCUT2D eigenvalue weighted by atomic mass is 32.2. The molecule has 2 unspecified atom stereocenters. The number of aromatic nitrogens is 1. The number of thioether (sulfide) groups is 1. The number of hydrogen-bond acceptors (Lipinski definition) is 7. The third kappa shape index (κ3) is 5.52. The second-order valence-corrected chi connectivity index (χ2v) is 9.09. The Labute approximate surface area is 214 Å². The van der Waals surface area contributed by atoms with Gasteiger partial charge in [0.2, 0.25) is 0 Å². The second-order valence-electron chi connectivity index (χ2n) is 7.93. The highest BCUT2D eigenvalue weighted by Gasteiger charge is 2.36. The predicted molar refractivity (Wildman–Crippen MR) is 140 cm³/mol. The molecule has 0 spiro atoms. The highest BCUT2D eigenvalue weighted by molar-refractivity contribution is 8.14. The summed E-state index contributed by atoms with van der Waals surface area (Å²) in [4.78, 5) is 30.4. The van der Waals surface area contributed by atoms with Crippen molar-refractivity contribution in [3.63, 3.8) is 0 Å². The van der Waals surface area contributed by atoms with Crippen molar-refractivity contribution in [2.75, 3.05) is 13.7 Å². The van der Waals surface area contributed by atoms with Crippen LogP contribution < -0.4 is 14.8 Å². The van der Waals surface area contributed by atoms with E-state index in [0.717, 1.165) is 16.8 Å². The fourth-order valence-electron chi connectivity index (χ4n) is 3.87. The van der Waals surface area contributed by atoms with E-state index in [2.05, 4.69) is 10.3 Å². The maximum absolute atomic E-state index is 13.3.